The first-order chi connectivity index (χ1) is 21.3. The van der Waals surface area contributed by atoms with Gasteiger partial charge < -0.3 is 35.0 Å². The van der Waals surface area contributed by atoms with Crippen LogP contribution in [0.15, 0.2) is 78.9 Å². The monoisotopic (exact) mass is 612 g/mol. The highest BCUT2D eigenvalue weighted by atomic mass is 16.7. The summed E-state index contributed by atoms with van der Waals surface area (Å²) >= 11 is 0. The number of nitrogens with zero attached hydrogens (tertiary/aromatic N) is 2. The molecule has 1 atom stereocenters. The van der Waals surface area contributed by atoms with Gasteiger partial charge in [0.1, 0.15) is 17.1 Å². The van der Waals surface area contributed by atoms with E-state index < -0.39 is 11.8 Å². The lowest BCUT2D eigenvalue weighted by Gasteiger charge is -2.18. The van der Waals surface area contributed by atoms with Crippen molar-refractivity contribution in [3.05, 3.63) is 95.6 Å². The van der Waals surface area contributed by atoms with Crippen LogP contribution in [0.4, 0.5) is 4.79 Å². The number of aromatic hydroxyl groups is 5. The van der Waals surface area contributed by atoms with Crippen molar-refractivity contribution in [2.75, 3.05) is 0 Å². The highest BCUT2D eigenvalue weighted by Gasteiger charge is 2.32. The third-order valence-electron chi connectivity index (χ3n) is 7.50. The zero-order valence-corrected chi connectivity index (χ0v) is 25.6. The molecule has 0 amide bonds. The smallest absolute Gasteiger partial charge is 0.508 e. The fourth-order valence-electron chi connectivity index (χ4n) is 5.34. The Morgan fingerprint density at radius 1 is 0.733 bits per heavy atom. The first-order valence-electron chi connectivity index (χ1n) is 14.4. The number of phenols is 1. The van der Waals surface area contributed by atoms with Crippen molar-refractivity contribution in [2.24, 2.45) is 0 Å². The molecule has 0 radical (unpaired) electrons. The second kappa shape index (κ2) is 11.9. The number of ether oxygens (including phenoxy) is 2. The van der Waals surface area contributed by atoms with Gasteiger partial charge in [-0.1, -0.05) is 37.3 Å². The van der Waals surface area contributed by atoms with Crippen LogP contribution in [0.1, 0.15) is 50.3 Å². The second-order valence-corrected chi connectivity index (χ2v) is 11.9. The van der Waals surface area contributed by atoms with Gasteiger partial charge in [-0.3, -0.25) is 9.13 Å². The molecule has 0 aliphatic heterocycles. The van der Waals surface area contributed by atoms with E-state index in [1.165, 1.54) is 45.5 Å². The van der Waals surface area contributed by atoms with Gasteiger partial charge in [0.15, 0.2) is 0 Å². The Kier molecular flexibility index (Phi) is 8.16. The summed E-state index contributed by atoms with van der Waals surface area (Å²) in [6.45, 7) is 8.76. The molecule has 5 aromatic rings. The molecule has 0 spiro atoms. The van der Waals surface area contributed by atoms with Gasteiger partial charge in [-0.05, 0) is 94.1 Å². The molecule has 2 aromatic heterocycles. The molecule has 5 rings (SSSR count). The molecule has 0 aliphatic carbocycles. The molecule has 3 aromatic carbocycles. The van der Waals surface area contributed by atoms with Crippen molar-refractivity contribution in [2.45, 2.75) is 52.6 Å². The third kappa shape index (κ3) is 6.12. The molecule has 1 unspecified atom stereocenters. The highest BCUT2D eigenvalue weighted by Crippen LogP contribution is 2.52. The minimum atomic E-state index is -0.870. The Balaban J connectivity index is 1.64. The van der Waals surface area contributed by atoms with E-state index in [-0.39, 0.29) is 64.0 Å². The van der Waals surface area contributed by atoms with E-state index in [1.807, 2.05) is 37.3 Å². The number of rotatable bonds is 7. The normalized spacial score (nSPS) is 12.2. The molecule has 0 saturated carbocycles. The SMILES string of the molecule is Cc1c(-c2c(CC(C)c3ccccc3)c(O)n(-c3ccc(OC(=O)OC(C)(C)C)cc3)c2O)c(O)n(-c2ccc(O)cc2)c1O. The van der Waals surface area contributed by atoms with Crippen molar-refractivity contribution in [3.63, 3.8) is 0 Å². The first kappa shape index (κ1) is 30.9. The molecule has 0 fully saturated rings. The zero-order chi connectivity index (χ0) is 32.6. The maximum Gasteiger partial charge on any atom is 0.514 e. The molecule has 2 heterocycles. The topological polar surface area (TPSA) is 147 Å². The molecule has 0 bridgehead atoms. The highest BCUT2D eigenvalue weighted by molar-refractivity contribution is 5.85. The lowest BCUT2D eigenvalue weighted by atomic mass is 9.91. The van der Waals surface area contributed by atoms with Crippen LogP contribution >= 0.6 is 0 Å². The van der Waals surface area contributed by atoms with Crippen LogP contribution in [0.3, 0.4) is 0 Å². The summed E-state index contributed by atoms with van der Waals surface area (Å²) in [4.78, 5) is 12.1. The largest absolute Gasteiger partial charge is 0.514 e. The van der Waals surface area contributed by atoms with Crippen LogP contribution in [-0.2, 0) is 11.2 Å². The second-order valence-electron chi connectivity index (χ2n) is 11.9. The van der Waals surface area contributed by atoms with Crippen molar-refractivity contribution < 1.29 is 39.8 Å². The summed E-state index contributed by atoms with van der Waals surface area (Å²) < 4.78 is 12.9. The Labute approximate surface area is 260 Å². The number of aromatic nitrogens is 2. The lowest BCUT2D eigenvalue weighted by molar-refractivity contribution is 0.0206. The molecular weight excluding hydrogens is 576 g/mol. The van der Waals surface area contributed by atoms with Crippen molar-refractivity contribution in [1.82, 2.24) is 9.13 Å². The van der Waals surface area contributed by atoms with Gasteiger partial charge in [-0.25, -0.2) is 4.79 Å². The predicted molar refractivity (Wildman–Crippen MR) is 169 cm³/mol. The van der Waals surface area contributed by atoms with Gasteiger partial charge in [0.05, 0.1) is 22.5 Å². The summed E-state index contributed by atoms with van der Waals surface area (Å²) in [5.41, 5.74) is 1.88. The Bertz CT molecular complexity index is 1830. The standard InChI is InChI=1S/C35H36N2O8/c1-20(22-9-7-6-8-10-22)19-27-29(28-21(2)30(39)36(32(28)41)23-11-15-25(38)16-12-23)33(42)37(31(27)40)24-13-17-26(18-14-24)44-34(43)45-35(3,4)5/h6-18,20,38-42H,19H2,1-5H3. The van der Waals surface area contributed by atoms with Gasteiger partial charge in [0.25, 0.3) is 0 Å². The Morgan fingerprint density at radius 2 is 1.27 bits per heavy atom. The number of phenolic OH excluding ortho intramolecular Hbond substituents is 1. The number of carbonyl (C=O) groups excluding carboxylic acids is 1. The predicted octanol–water partition coefficient (Wildman–Crippen LogP) is 7.43. The van der Waals surface area contributed by atoms with Crippen molar-refractivity contribution in [1.29, 1.82) is 0 Å². The fourth-order valence-corrected chi connectivity index (χ4v) is 5.34. The van der Waals surface area contributed by atoms with Gasteiger partial charge in [0.2, 0.25) is 23.5 Å². The average molecular weight is 613 g/mol. The number of hydrogen-bond donors (Lipinski definition) is 5. The van der Waals surface area contributed by atoms with Gasteiger partial charge in [-0.2, -0.15) is 0 Å². The molecule has 10 nitrogen and oxygen atoms in total. The van der Waals surface area contributed by atoms with E-state index in [1.54, 1.807) is 39.8 Å². The molecule has 45 heavy (non-hydrogen) atoms. The van der Waals surface area contributed by atoms with Crippen molar-refractivity contribution in [3.8, 4) is 57.5 Å². The van der Waals surface area contributed by atoms with Crippen LogP contribution in [0.5, 0.6) is 35.0 Å². The van der Waals surface area contributed by atoms with Crippen molar-refractivity contribution >= 4 is 6.16 Å². The number of carbonyl (C=O) groups is 1. The van der Waals surface area contributed by atoms with Crippen LogP contribution in [0.2, 0.25) is 0 Å². The quantitative estimate of drug-likeness (QED) is 0.0942. The van der Waals surface area contributed by atoms with E-state index >= 15 is 0 Å². The first-order valence-corrected chi connectivity index (χ1v) is 14.4. The summed E-state index contributed by atoms with van der Waals surface area (Å²) in [5.74, 6) is -1.16. The summed E-state index contributed by atoms with van der Waals surface area (Å²) in [7, 11) is 0. The number of hydrogen-bond acceptors (Lipinski definition) is 8. The third-order valence-corrected chi connectivity index (χ3v) is 7.50. The number of benzene rings is 3. The van der Waals surface area contributed by atoms with E-state index in [0.717, 1.165) is 5.56 Å². The molecular formula is C35H36N2O8. The minimum Gasteiger partial charge on any atom is -0.508 e. The molecule has 0 saturated heterocycles. The summed E-state index contributed by atoms with van der Waals surface area (Å²) in [5, 5.41) is 55.8. The van der Waals surface area contributed by atoms with Crippen LogP contribution in [0.25, 0.3) is 22.5 Å². The molecule has 0 aliphatic rings. The average Bonchev–Trinajstić information content (AvgIpc) is 3.35. The summed E-state index contributed by atoms with van der Waals surface area (Å²) in [6, 6.07) is 21.7. The van der Waals surface area contributed by atoms with Gasteiger partial charge in [0, 0.05) is 11.1 Å². The minimum absolute atomic E-state index is 0.0150. The van der Waals surface area contributed by atoms with Crippen LogP contribution in [0, 0.1) is 6.92 Å². The van der Waals surface area contributed by atoms with E-state index in [2.05, 4.69) is 0 Å². The van der Waals surface area contributed by atoms with Gasteiger partial charge >= 0.3 is 6.16 Å². The molecule has 5 N–H and O–H groups in total. The van der Waals surface area contributed by atoms with E-state index in [0.29, 0.717) is 16.9 Å². The Hall–Kier alpha value is -5.51. The molecule has 234 valence electrons. The van der Waals surface area contributed by atoms with E-state index in [9.17, 15) is 30.3 Å². The van der Waals surface area contributed by atoms with E-state index in [4.69, 9.17) is 9.47 Å². The maximum atomic E-state index is 12.1. The lowest BCUT2D eigenvalue weighted by Crippen LogP contribution is -2.25. The molecule has 10 heteroatoms. The fraction of sp³-hybridized carbons (Fsp3) is 0.229. The Morgan fingerprint density at radius 3 is 1.84 bits per heavy atom. The zero-order valence-electron chi connectivity index (χ0n) is 25.6. The maximum absolute atomic E-state index is 12.1. The van der Waals surface area contributed by atoms with Crippen LogP contribution < -0.4 is 4.74 Å². The van der Waals surface area contributed by atoms with Gasteiger partial charge in [-0.15, -0.1) is 0 Å². The van der Waals surface area contributed by atoms with Crippen LogP contribution in [-0.4, -0.2) is 46.4 Å². The summed E-state index contributed by atoms with van der Waals surface area (Å²) in [6.07, 6.45) is -0.597.